The van der Waals surface area contributed by atoms with Gasteiger partial charge in [-0.25, -0.2) is 4.98 Å². The molecule has 0 amide bonds. The predicted octanol–water partition coefficient (Wildman–Crippen LogP) is 5.22. The van der Waals surface area contributed by atoms with Gasteiger partial charge in [0.2, 0.25) is 0 Å². The van der Waals surface area contributed by atoms with Crippen LogP contribution in [-0.4, -0.2) is 17.1 Å². The van der Waals surface area contributed by atoms with Crippen LogP contribution >= 0.6 is 15.9 Å². The number of methoxy groups -OCH3 is 1. The van der Waals surface area contributed by atoms with E-state index >= 15 is 0 Å². The summed E-state index contributed by atoms with van der Waals surface area (Å²) in [6.07, 6.45) is 1.81. The van der Waals surface area contributed by atoms with Crippen LogP contribution in [0.5, 0.6) is 5.75 Å². The molecule has 0 bridgehead atoms. The molecule has 0 aliphatic carbocycles. The number of aromatic nitrogens is 2. The van der Waals surface area contributed by atoms with Crippen molar-refractivity contribution in [2.45, 2.75) is 0 Å². The first-order valence-electron chi connectivity index (χ1n) is 7.24. The summed E-state index contributed by atoms with van der Waals surface area (Å²) >= 11 is 3.47. The molecule has 23 heavy (non-hydrogen) atoms. The van der Waals surface area contributed by atoms with Crippen molar-refractivity contribution >= 4 is 37.7 Å². The molecule has 0 spiro atoms. The largest absolute Gasteiger partial charge is 0.497 e. The Bertz CT molecular complexity index is 1010. The topological polar surface area (TPSA) is 35.0 Å². The standard InChI is InChI=1S/C19H13BrN2O/c1-23-16-7-4-12(5-8-16)17-9-6-13-2-3-14-10-15(20)11-21-18(14)19(13)22-17/h2-11H,1H3. The summed E-state index contributed by atoms with van der Waals surface area (Å²) in [5, 5.41) is 2.16. The fraction of sp³-hybridized carbons (Fsp3) is 0.0526. The molecule has 0 radical (unpaired) electrons. The quantitative estimate of drug-likeness (QED) is 0.457. The Labute approximate surface area is 142 Å². The lowest BCUT2D eigenvalue weighted by Crippen LogP contribution is -1.89. The molecule has 4 heteroatoms. The van der Waals surface area contributed by atoms with Crippen LogP contribution in [0.3, 0.4) is 0 Å². The van der Waals surface area contributed by atoms with Gasteiger partial charge in [-0.3, -0.25) is 4.98 Å². The molecule has 4 aromatic rings. The second-order valence-corrected chi connectivity index (χ2v) is 6.20. The number of benzene rings is 2. The molecule has 4 rings (SSSR count). The van der Waals surface area contributed by atoms with Gasteiger partial charge in [-0.2, -0.15) is 0 Å². The third-order valence-electron chi connectivity index (χ3n) is 3.86. The van der Waals surface area contributed by atoms with Crippen LogP contribution in [0, 0.1) is 0 Å². The van der Waals surface area contributed by atoms with Crippen molar-refractivity contribution in [1.29, 1.82) is 0 Å². The van der Waals surface area contributed by atoms with E-state index in [1.54, 1.807) is 7.11 Å². The van der Waals surface area contributed by atoms with Crippen LogP contribution in [0.15, 0.2) is 65.3 Å². The molecule has 3 nitrogen and oxygen atoms in total. The highest BCUT2D eigenvalue weighted by Gasteiger charge is 2.07. The van der Waals surface area contributed by atoms with Crippen LogP contribution in [0.2, 0.25) is 0 Å². The maximum absolute atomic E-state index is 5.21. The van der Waals surface area contributed by atoms with Crippen molar-refractivity contribution in [2.75, 3.05) is 7.11 Å². The third-order valence-corrected chi connectivity index (χ3v) is 4.30. The maximum Gasteiger partial charge on any atom is 0.118 e. The van der Waals surface area contributed by atoms with Gasteiger partial charge >= 0.3 is 0 Å². The summed E-state index contributed by atoms with van der Waals surface area (Å²) in [6, 6.07) is 18.3. The first kappa shape index (κ1) is 14.2. The summed E-state index contributed by atoms with van der Waals surface area (Å²) in [5.41, 5.74) is 3.82. The highest BCUT2D eigenvalue weighted by molar-refractivity contribution is 9.10. The lowest BCUT2D eigenvalue weighted by atomic mass is 10.1. The van der Waals surface area contributed by atoms with E-state index in [1.165, 1.54) is 0 Å². The van der Waals surface area contributed by atoms with E-state index in [-0.39, 0.29) is 0 Å². The average molecular weight is 365 g/mol. The number of ether oxygens (including phenoxy) is 1. The van der Waals surface area contributed by atoms with Crippen molar-refractivity contribution in [1.82, 2.24) is 9.97 Å². The highest BCUT2D eigenvalue weighted by Crippen LogP contribution is 2.28. The van der Waals surface area contributed by atoms with E-state index in [4.69, 9.17) is 9.72 Å². The first-order valence-corrected chi connectivity index (χ1v) is 8.03. The van der Waals surface area contributed by atoms with E-state index in [0.29, 0.717) is 0 Å². The number of hydrogen-bond donors (Lipinski definition) is 0. The number of pyridine rings is 2. The number of hydrogen-bond acceptors (Lipinski definition) is 3. The molecule has 0 aliphatic rings. The Morgan fingerprint density at radius 1 is 0.870 bits per heavy atom. The number of rotatable bonds is 2. The second kappa shape index (κ2) is 5.63. The normalized spacial score (nSPS) is 11.0. The minimum Gasteiger partial charge on any atom is -0.497 e. The van der Waals surface area contributed by atoms with Gasteiger partial charge in [-0.15, -0.1) is 0 Å². The van der Waals surface area contributed by atoms with Gasteiger partial charge in [0, 0.05) is 27.0 Å². The summed E-state index contributed by atoms with van der Waals surface area (Å²) in [5.74, 6) is 0.839. The van der Waals surface area contributed by atoms with Crippen LogP contribution in [0.1, 0.15) is 0 Å². The number of nitrogens with zero attached hydrogens (tertiary/aromatic N) is 2. The van der Waals surface area contributed by atoms with Gasteiger partial charge in [0.05, 0.1) is 23.8 Å². The molecular formula is C19H13BrN2O. The third kappa shape index (κ3) is 2.55. The Balaban J connectivity index is 1.93. The average Bonchev–Trinajstić information content (AvgIpc) is 2.61. The monoisotopic (exact) mass is 364 g/mol. The molecule has 0 saturated heterocycles. The number of fused-ring (bicyclic) bond motifs is 3. The van der Waals surface area contributed by atoms with Crippen molar-refractivity contribution < 1.29 is 4.74 Å². The van der Waals surface area contributed by atoms with Gasteiger partial charge < -0.3 is 4.74 Å². The zero-order valence-corrected chi connectivity index (χ0v) is 14.0. The molecule has 0 fully saturated rings. The van der Waals surface area contributed by atoms with Gasteiger partial charge in [-0.05, 0) is 52.3 Å². The van der Waals surface area contributed by atoms with Crippen molar-refractivity contribution in [3.8, 4) is 17.0 Å². The fourth-order valence-electron chi connectivity index (χ4n) is 2.68. The zero-order valence-electron chi connectivity index (χ0n) is 12.5. The van der Waals surface area contributed by atoms with Gasteiger partial charge in [0.25, 0.3) is 0 Å². The van der Waals surface area contributed by atoms with Gasteiger partial charge in [0.1, 0.15) is 5.75 Å². The second-order valence-electron chi connectivity index (χ2n) is 5.29. The molecule has 2 aromatic heterocycles. The van der Waals surface area contributed by atoms with E-state index in [2.05, 4.69) is 45.2 Å². The summed E-state index contributed by atoms with van der Waals surface area (Å²) in [6.45, 7) is 0. The molecule has 112 valence electrons. The lowest BCUT2D eigenvalue weighted by Gasteiger charge is -2.07. The predicted molar refractivity (Wildman–Crippen MR) is 96.7 cm³/mol. The minimum absolute atomic E-state index is 0.839. The Morgan fingerprint density at radius 3 is 2.39 bits per heavy atom. The first-order chi connectivity index (χ1) is 11.2. The van der Waals surface area contributed by atoms with Gasteiger partial charge in [0.15, 0.2) is 0 Å². The van der Waals surface area contributed by atoms with Crippen LogP contribution in [0.4, 0.5) is 0 Å². The molecule has 2 heterocycles. The molecule has 2 aromatic carbocycles. The fourth-order valence-corrected chi connectivity index (χ4v) is 3.03. The Hall–Kier alpha value is -2.46. The molecule has 0 unspecified atom stereocenters. The van der Waals surface area contributed by atoms with E-state index in [1.807, 2.05) is 36.5 Å². The molecule has 0 aliphatic heterocycles. The van der Waals surface area contributed by atoms with E-state index in [9.17, 15) is 0 Å². The van der Waals surface area contributed by atoms with Crippen molar-refractivity contribution in [3.63, 3.8) is 0 Å². The lowest BCUT2D eigenvalue weighted by molar-refractivity contribution is 0.415. The molecule has 0 N–H and O–H groups in total. The number of halogens is 1. The SMILES string of the molecule is COc1ccc(-c2ccc3ccc4cc(Br)cnc4c3n2)cc1. The van der Waals surface area contributed by atoms with E-state index in [0.717, 1.165) is 43.3 Å². The van der Waals surface area contributed by atoms with E-state index < -0.39 is 0 Å². The van der Waals surface area contributed by atoms with Crippen LogP contribution in [-0.2, 0) is 0 Å². The summed E-state index contributed by atoms with van der Waals surface area (Å²) in [4.78, 5) is 9.38. The van der Waals surface area contributed by atoms with Crippen molar-refractivity contribution in [2.24, 2.45) is 0 Å². The minimum atomic E-state index is 0.839. The molecular weight excluding hydrogens is 352 g/mol. The molecule has 0 atom stereocenters. The maximum atomic E-state index is 5.21. The smallest absolute Gasteiger partial charge is 0.118 e. The van der Waals surface area contributed by atoms with Crippen LogP contribution in [0.25, 0.3) is 33.1 Å². The summed E-state index contributed by atoms with van der Waals surface area (Å²) in [7, 11) is 1.67. The Kier molecular flexibility index (Phi) is 3.46. The van der Waals surface area contributed by atoms with Crippen molar-refractivity contribution in [3.05, 3.63) is 65.3 Å². The highest BCUT2D eigenvalue weighted by atomic mass is 79.9. The summed E-state index contributed by atoms with van der Waals surface area (Å²) < 4.78 is 6.18. The zero-order chi connectivity index (χ0) is 15.8. The van der Waals surface area contributed by atoms with Crippen LogP contribution < -0.4 is 4.74 Å². The molecule has 0 saturated carbocycles. The Morgan fingerprint density at radius 2 is 1.61 bits per heavy atom. The van der Waals surface area contributed by atoms with Gasteiger partial charge in [-0.1, -0.05) is 18.2 Å².